The maximum absolute atomic E-state index is 14.5. The Morgan fingerprint density at radius 1 is 1.05 bits per heavy atom. The molecule has 2 N–H and O–H groups in total. The molecule has 0 bridgehead atoms. The molecular formula is C48H70FN6O8P. The summed E-state index contributed by atoms with van der Waals surface area (Å²) in [6.07, 6.45) is 18.7. The fraction of sp³-hybridized carbons (Fsp3) is 0.708. The topological polar surface area (TPSA) is 179 Å². The number of aromatic nitrogens is 3. The van der Waals surface area contributed by atoms with Crippen molar-refractivity contribution >= 4 is 32.4 Å². The van der Waals surface area contributed by atoms with Crippen LogP contribution in [0, 0.1) is 52.2 Å². The number of carbonyl (C=O) groups excluding carboxylic acids is 2. The highest BCUT2D eigenvalue weighted by molar-refractivity contribution is 7.48. The predicted molar refractivity (Wildman–Crippen MR) is 243 cm³/mol. The molecule has 10 unspecified atom stereocenters. The van der Waals surface area contributed by atoms with Crippen LogP contribution in [-0.2, 0) is 49.3 Å². The van der Waals surface area contributed by atoms with Crippen molar-refractivity contribution in [3.05, 3.63) is 47.6 Å². The van der Waals surface area contributed by atoms with Crippen LogP contribution in [0.25, 0.3) is 11.4 Å². The number of hydrogen-bond donors (Lipinski definition) is 1. The molecule has 14 nitrogen and oxygen atoms in total. The molecule has 0 saturated heterocycles. The Labute approximate surface area is 378 Å². The predicted octanol–water partition coefficient (Wildman–Crippen LogP) is 9.76. The van der Waals surface area contributed by atoms with Gasteiger partial charge in [0.2, 0.25) is 0 Å². The summed E-state index contributed by atoms with van der Waals surface area (Å²) in [4.78, 5) is 38.2. The number of fused-ring (bicyclic) bond motifs is 8. The lowest BCUT2D eigenvalue weighted by atomic mass is 9.47. The molecule has 10 atom stereocenters. The number of benzene rings is 1. The first-order valence-corrected chi connectivity index (χ1v) is 25.1. The van der Waals surface area contributed by atoms with Gasteiger partial charge < -0.3 is 15.2 Å². The lowest BCUT2D eigenvalue weighted by molar-refractivity contribution is -0.155. The van der Waals surface area contributed by atoms with Crippen molar-refractivity contribution in [3.63, 3.8) is 0 Å². The molecule has 1 aromatic heterocycles. The summed E-state index contributed by atoms with van der Waals surface area (Å²) in [5, 5.41) is 4.25. The molecule has 1 aliphatic heterocycles. The third kappa shape index (κ3) is 10.3. The number of rotatable bonds is 20. The number of hydrogen-bond acceptors (Lipinski definition) is 11. The first-order chi connectivity index (χ1) is 30.6. The molecule has 3 saturated carbocycles. The van der Waals surface area contributed by atoms with Gasteiger partial charge in [0.15, 0.2) is 5.82 Å². The van der Waals surface area contributed by atoms with Gasteiger partial charge in [0.05, 0.1) is 45.5 Å². The average molecular weight is 909 g/mol. The van der Waals surface area contributed by atoms with Gasteiger partial charge in [-0.05, 0) is 116 Å². The first-order valence-electron chi connectivity index (χ1n) is 23.7. The van der Waals surface area contributed by atoms with Gasteiger partial charge in [0.1, 0.15) is 36.8 Å². The first kappa shape index (κ1) is 48.2. The Bertz CT molecular complexity index is 2110. The number of esters is 2. The van der Waals surface area contributed by atoms with Gasteiger partial charge in [0.25, 0.3) is 0 Å². The second-order valence-corrected chi connectivity index (χ2v) is 21.4. The quantitative estimate of drug-likeness (QED) is 0.0334. The van der Waals surface area contributed by atoms with Crippen LogP contribution in [-0.4, -0.2) is 71.8 Å². The molecule has 7 rings (SSSR count). The van der Waals surface area contributed by atoms with Crippen LogP contribution in [0.5, 0.6) is 0 Å². The standard InChI is InChI=1S/C48H70FN6O8P/c1-7-60-64(58,63-48(27-51-30-52-29-50)28-55-45(53-31-54-55)38-26-35(49)12-14-42(38)48)61-24-23-59-43(56)17-18-44(57)62-36-19-21-46(5)34(25-36)11-13-37-40-16-15-39(33(4)10-8-9-32(2)3)47(40,6)22-20-41(37)46/h11-12,14,26,29-33,36-37,39-41H,7-10,13,15-25,27-28H2,1-6H3,(H2,50,51,52). The minimum absolute atomic E-state index is 0.0202. The minimum atomic E-state index is -4.39. The van der Waals surface area contributed by atoms with E-state index in [4.69, 9.17) is 28.8 Å². The Hall–Kier alpha value is -3.78. The highest BCUT2D eigenvalue weighted by atomic mass is 31.2. The van der Waals surface area contributed by atoms with E-state index in [9.17, 15) is 18.5 Å². The number of ether oxygens (including phenoxy) is 2. The van der Waals surface area contributed by atoms with Crippen molar-refractivity contribution in [1.82, 2.24) is 14.8 Å². The summed E-state index contributed by atoms with van der Waals surface area (Å²) in [7, 11) is -4.39. The minimum Gasteiger partial charge on any atom is -0.463 e. The van der Waals surface area contributed by atoms with Crippen LogP contribution in [0.1, 0.15) is 131 Å². The van der Waals surface area contributed by atoms with Gasteiger partial charge in [-0.3, -0.25) is 28.2 Å². The van der Waals surface area contributed by atoms with Crippen molar-refractivity contribution in [2.45, 2.75) is 143 Å². The Morgan fingerprint density at radius 3 is 2.64 bits per heavy atom. The molecule has 3 fully saturated rings. The van der Waals surface area contributed by atoms with E-state index in [2.05, 4.69) is 60.8 Å². The van der Waals surface area contributed by atoms with Crippen LogP contribution in [0.2, 0.25) is 0 Å². The fourth-order valence-electron chi connectivity index (χ4n) is 12.6. The fourth-order valence-corrected chi connectivity index (χ4v) is 14.0. The van der Waals surface area contributed by atoms with Crippen LogP contribution in [0.3, 0.4) is 0 Å². The van der Waals surface area contributed by atoms with E-state index >= 15 is 0 Å². The molecule has 64 heavy (non-hydrogen) atoms. The van der Waals surface area contributed by atoms with Crippen molar-refractivity contribution < 1.29 is 41.6 Å². The number of allylic oxidation sites excluding steroid dienone is 1. The van der Waals surface area contributed by atoms with Crippen molar-refractivity contribution in [1.29, 1.82) is 0 Å². The van der Waals surface area contributed by atoms with Crippen LogP contribution in [0.15, 0.2) is 46.2 Å². The Balaban J connectivity index is 0.883. The third-order valence-corrected chi connectivity index (χ3v) is 17.2. The number of halogens is 1. The maximum atomic E-state index is 14.5. The van der Waals surface area contributed by atoms with Crippen molar-refractivity contribution in [3.8, 4) is 11.4 Å². The van der Waals surface area contributed by atoms with Gasteiger partial charge in [-0.15, -0.1) is 0 Å². The number of phosphoric ester groups is 1. The normalized spacial score (nSPS) is 31.1. The number of nitrogens with two attached hydrogens (primary N) is 1. The molecule has 4 aliphatic carbocycles. The van der Waals surface area contributed by atoms with E-state index in [1.165, 1.54) is 86.1 Å². The second-order valence-electron chi connectivity index (χ2n) is 19.8. The van der Waals surface area contributed by atoms with Crippen LogP contribution >= 0.6 is 7.82 Å². The van der Waals surface area contributed by atoms with Gasteiger partial charge in [0, 0.05) is 12.0 Å². The molecule has 2 heterocycles. The zero-order valence-corrected chi connectivity index (χ0v) is 39.6. The summed E-state index contributed by atoms with van der Waals surface area (Å²) in [6.45, 7) is 13.1. The zero-order valence-electron chi connectivity index (χ0n) is 38.7. The van der Waals surface area contributed by atoms with Crippen LogP contribution in [0.4, 0.5) is 4.39 Å². The van der Waals surface area contributed by atoms with E-state index in [0.717, 1.165) is 61.6 Å². The van der Waals surface area contributed by atoms with Crippen LogP contribution < -0.4 is 5.73 Å². The third-order valence-electron chi connectivity index (χ3n) is 15.6. The monoisotopic (exact) mass is 908 g/mol. The van der Waals surface area contributed by atoms with E-state index in [-0.39, 0.29) is 57.3 Å². The molecule has 0 amide bonds. The second kappa shape index (κ2) is 20.4. The summed E-state index contributed by atoms with van der Waals surface area (Å²) >= 11 is 0. The molecule has 0 radical (unpaired) electrons. The average Bonchev–Trinajstić information content (AvgIpc) is 3.87. The zero-order chi connectivity index (χ0) is 45.7. The molecule has 2 aromatic rings. The molecule has 0 spiro atoms. The highest BCUT2D eigenvalue weighted by Crippen LogP contribution is 2.67. The Kier molecular flexibility index (Phi) is 15.3. The van der Waals surface area contributed by atoms with Crippen molar-refractivity contribution in [2.24, 2.45) is 62.1 Å². The van der Waals surface area contributed by atoms with Gasteiger partial charge >= 0.3 is 19.8 Å². The summed E-state index contributed by atoms with van der Waals surface area (Å²) < 4.78 is 59.0. The van der Waals surface area contributed by atoms with Gasteiger partial charge in [-0.2, -0.15) is 5.10 Å². The number of phosphoric acid groups is 1. The van der Waals surface area contributed by atoms with E-state index in [0.29, 0.717) is 28.3 Å². The molecule has 5 aliphatic rings. The maximum Gasteiger partial charge on any atom is 0.475 e. The number of aliphatic imine (C=N–C) groups is 2. The Morgan fingerprint density at radius 2 is 1.86 bits per heavy atom. The van der Waals surface area contributed by atoms with Gasteiger partial charge in [-0.25, -0.2) is 23.6 Å². The number of nitrogens with zero attached hydrogens (tertiary/aromatic N) is 5. The van der Waals surface area contributed by atoms with E-state index in [1.807, 2.05) is 0 Å². The van der Waals surface area contributed by atoms with E-state index < -0.39 is 31.2 Å². The van der Waals surface area contributed by atoms with Crippen molar-refractivity contribution in [2.75, 3.05) is 26.4 Å². The summed E-state index contributed by atoms with van der Waals surface area (Å²) in [5.74, 6) is 3.43. The lowest BCUT2D eigenvalue weighted by Gasteiger charge is -2.58. The largest absolute Gasteiger partial charge is 0.475 e. The summed E-state index contributed by atoms with van der Waals surface area (Å²) in [5.41, 5.74) is 6.69. The number of carbonyl (C=O) groups is 2. The molecule has 352 valence electrons. The lowest BCUT2D eigenvalue weighted by Crippen LogP contribution is -2.51. The SMILES string of the molecule is CCOP(=O)(OCCOC(=O)CCC(=O)OC1CCC2(C)C(=CCC3C2CCC2(C)C(C(C)CCCC(C)C)CCC32)C1)OC1(CN=CN=CN)Cn2ncnc2-c2cc(F)ccc21. The highest BCUT2D eigenvalue weighted by Gasteiger charge is 2.59. The molecular weight excluding hydrogens is 839 g/mol. The summed E-state index contributed by atoms with van der Waals surface area (Å²) in [6, 6.07) is 4.05. The molecule has 16 heteroatoms. The molecule has 1 aromatic carbocycles. The van der Waals surface area contributed by atoms with E-state index in [1.54, 1.807) is 6.92 Å². The smallest absolute Gasteiger partial charge is 0.463 e. The van der Waals surface area contributed by atoms with Gasteiger partial charge in [-0.1, -0.05) is 71.6 Å².